The molecule has 0 unspecified atom stereocenters. The van der Waals surface area contributed by atoms with Crippen LogP contribution in [-0.4, -0.2) is 27.1 Å². The molecule has 198 valence electrons. The van der Waals surface area contributed by atoms with Gasteiger partial charge in [0.15, 0.2) is 0 Å². The number of carboxylic acid groups (broad SMARTS) is 1. The Bertz CT molecular complexity index is 1310. The number of carboxylic acids is 1. The first-order chi connectivity index (χ1) is 18.4. The summed E-state index contributed by atoms with van der Waals surface area (Å²) in [5.74, 6) is -0.0115. The summed E-state index contributed by atoms with van der Waals surface area (Å²) in [6, 6.07) is 21.1. The average molecular weight is 530 g/mol. The standard InChI is InChI=1S/C31H35N3O3S/c1-5-23(6-2)24-11-14-27(15-12-24)34(21(3)4)18-22-7-9-25(10-8-22)28-20-38-30(33-28)19-37-29-16-13-26(17-32-29)31(35)36/h7-17,20-21,23H,5-6,18-19H2,1-4H3,(H,35,36). The summed E-state index contributed by atoms with van der Waals surface area (Å²) in [5, 5.41) is 11.8. The normalized spacial score (nSPS) is 11.2. The molecule has 2 heterocycles. The molecular weight excluding hydrogens is 494 g/mol. The Morgan fingerprint density at radius 3 is 2.29 bits per heavy atom. The molecule has 0 saturated heterocycles. The minimum atomic E-state index is -1.01. The van der Waals surface area contributed by atoms with Crippen LogP contribution >= 0.6 is 11.3 Å². The molecule has 0 aliphatic rings. The predicted octanol–water partition coefficient (Wildman–Crippen LogP) is 7.80. The number of carbonyl (C=O) groups is 1. The van der Waals surface area contributed by atoms with Gasteiger partial charge in [-0.15, -0.1) is 11.3 Å². The number of anilines is 1. The number of ether oxygens (including phenoxy) is 1. The molecule has 0 aliphatic heterocycles. The third-order valence-corrected chi connectivity index (χ3v) is 7.61. The number of hydrogen-bond donors (Lipinski definition) is 1. The van der Waals surface area contributed by atoms with Crippen molar-refractivity contribution >= 4 is 23.0 Å². The Balaban J connectivity index is 1.38. The molecule has 1 N–H and O–H groups in total. The maximum absolute atomic E-state index is 11.0. The van der Waals surface area contributed by atoms with Crippen LogP contribution in [0.15, 0.2) is 72.2 Å². The van der Waals surface area contributed by atoms with Crippen LogP contribution in [0.2, 0.25) is 0 Å². The fourth-order valence-corrected chi connectivity index (χ4v) is 5.20. The van der Waals surface area contributed by atoms with Gasteiger partial charge in [0, 0.05) is 41.5 Å². The van der Waals surface area contributed by atoms with Gasteiger partial charge in [-0.25, -0.2) is 14.8 Å². The highest BCUT2D eigenvalue weighted by Gasteiger charge is 2.14. The van der Waals surface area contributed by atoms with Crippen molar-refractivity contribution in [1.29, 1.82) is 0 Å². The largest absolute Gasteiger partial charge is 0.478 e. The molecule has 0 saturated carbocycles. The van der Waals surface area contributed by atoms with Crippen LogP contribution < -0.4 is 9.64 Å². The van der Waals surface area contributed by atoms with Gasteiger partial charge in [-0.1, -0.05) is 50.2 Å². The molecule has 4 rings (SSSR count). The summed E-state index contributed by atoms with van der Waals surface area (Å²) in [5.41, 5.74) is 6.02. The van der Waals surface area contributed by atoms with Crippen molar-refractivity contribution in [2.75, 3.05) is 4.90 Å². The van der Waals surface area contributed by atoms with Gasteiger partial charge in [0.2, 0.25) is 5.88 Å². The Labute approximate surface area is 229 Å². The van der Waals surface area contributed by atoms with Gasteiger partial charge in [0.25, 0.3) is 0 Å². The first-order valence-corrected chi connectivity index (χ1v) is 14.0. The lowest BCUT2D eigenvalue weighted by Crippen LogP contribution is -2.30. The Hall–Kier alpha value is -3.71. The molecule has 38 heavy (non-hydrogen) atoms. The lowest BCUT2D eigenvalue weighted by atomic mass is 9.94. The third-order valence-electron chi connectivity index (χ3n) is 6.79. The van der Waals surface area contributed by atoms with Gasteiger partial charge in [0.1, 0.15) is 11.6 Å². The summed E-state index contributed by atoms with van der Waals surface area (Å²) in [6.07, 6.45) is 3.63. The smallest absolute Gasteiger partial charge is 0.337 e. The summed E-state index contributed by atoms with van der Waals surface area (Å²) in [7, 11) is 0. The fraction of sp³-hybridized carbons (Fsp3) is 0.323. The van der Waals surface area contributed by atoms with Crippen LogP contribution in [0.5, 0.6) is 5.88 Å². The SMILES string of the molecule is CCC(CC)c1ccc(N(Cc2ccc(-c3csc(COc4ccc(C(=O)O)cn4)n3)cc2)C(C)C)cc1. The van der Waals surface area contributed by atoms with Crippen molar-refractivity contribution in [2.45, 2.75) is 65.6 Å². The van der Waals surface area contributed by atoms with E-state index in [-0.39, 0.29) is 12.2 Å². The second kappa shape index (κ2) is 12.7. The first-order valence-electron chi connectivity index (χ1n) is 13.1. The minimum Gasteiger partial charge on any atom is -0.478 e. The van der Waals surface area contributed by atoms with E-state index in [0.717, 1.165) is 22.8 Å². The van der Waals surface area contributed by atoms with Crippen LogP contribution in [0.3, 0.4) is 0 Å². The van der Waals surface area contributed by atoms with E-state index in [1.807, 2.05) is 5.38 Å². The number of aromatic nitrogens is 2. The summed E-state index contributed by atoms with van der Waals surface area (Å²) >= 11 is 1.53. The van der Waals surface area contributed by atoms with E-state index < -0.39 is 5.97 Å². The molecule has 0 aliphatic carbocycles. The molecule has 0 bridgehead atoms. The van der Waals surface area contributed by atoms with Gasteiger partial charge in [-0.05, 0) is 61.9 Å². The Morgan fingerprint density at radius 1 is 1.00 bits per heavy atom. The zero-order valence-corrected chi connectivity index (χ0v) is 23.2. The van der Waals surface area contributed by atoms with Crippen LogP contribution in [0, 0.1) is 0 Å². The number of rotatable bonds is 12. The molecule has 0 atom stereocenters. The van der Waals surface area contributed by atoms with Crippen LogP contribution in [-0.2, 0) is 13.2 Å². The molecule has 0 spiro atoms. The first kappa shape index (κ1) is 27.3. The fourth-order valence-electron chi connectivity index (χ4n) is 4.49. The molecule has 0 amide bonds. The monoisotopic (exact) mass is 529 g/mol. The summed E-state index contributed by atoms with van der Waals surface area (Å²) in [6.45, 7) is 10.1. The van der Waals surface area contributed by atoms with E-state index in [1.165, 1.54) is 53.3 Å². The number of aromatic carboxylic acids is 1. The Morgan fingerprint density at radius 2 is 1.71 bits per heavy atom. The highest BCUT2D eigenvalue weighted by atomic mass is 32.1. The number of benzene rings is 2. The molecule has 2 aromatic carbocycles. The van der Waals surface area contributed by atoms with Gasteiger partial charge in [-0.2, -0.15) is 0 Å². The van der Waals surface area contributed by atoms with Gasteiger partial charge < -0.3 is 14.7 Å². The van der Waals surface area contributed by atoms with Crippen molar-refractivity contribution in [1.82, 2.24) is 9.97 Å². The van der Waals surface area contributed by atoms with Crippen molar-refractivity contribution in [3.05, 3.63) is 93.9 Å². The molecule has 7 heteroatoms. The van der Waals surface area contributed by atoms with Gasteiger partial charge in [-0.3, -0.25) is 0 Å². The Kier molecular flexibility index (Phi) is 9.13. The number of nitrogens with zero attached hydrogens (tertiary/aromatic N) is 3. The summed E-state index contributed by atoms with van der Waals surface area (Å²) < 4.78 is 5.67. The molecule has 2 aromatic heterocycles. The van der Waals surface area contributed by atoms with Gasteiger partial charge in [0.05, 0.1) is 11.3 Å². The highest BCUT2D eigenvalue weighted by Crippen LogP contribution is 2.28. The summed E-state index contributed by atoms with van der Waals surface area (Å²) in [4.78, 5) is 22.1. The lowest BCUT2D eigenvalue weighted by molar-refractivity contribution is 0.0696. The maximum Gasteiger partial charge on any atom is 0.337 e. The number of thiazole rings is 1. The zero-order valence-electron chi connectivity index (χ0n) is 22.4. The quantitative estimate of drug-likeness (QED) is 0.202. The molecule has 6 nitrogen and oxygen atoms in total. The third kappa shape index (κ3) is 6.78. The lowest BCUT2D eigenvalue weighted by Gasteiger charge is -2.30. The maximum atomic E-state index is 11.0. The van der Waals surface area contributed by atoms with E-state index in [4.69, 9.17) is 14.8 Å². The van der Waals surface area contributed by atoms with E-state index >= 15 is 0 Å². The van der Waals surface area contributed by atoms with Crippen molar-refractivity contribution in [3.63, 3.8) is 0 Å². The van der Waals surface area contributed by atoms with Crippen LogP contribution in [0.1, 0.15) is 72.9 Å². The second-order valence-electron chi connectivity index (χ2n) is 9.63. The average Bonchev–Trinajstić information content (AvgIpc) is 3.41. The van der Waals surface area contributed by atoms with Crippen LogP contribution in [0.4, 0.5) is 5.69 Å². The molecule has 0 fully saturated rings. The molecular formula is C31H35N3O3S. The van der Waals surface area contributed by atoms with Crippen LogP contribution in [0.25, 0.3) is 11.3 Å². The topological polar surface area (TPSA) is 75.5 Å². The van der Waals surface area contributed by atoms with Crippen molar-refractivity contribution in [3.8, 4) is 17.1 Å². The predicted molar refractivity (Wildman–Crippen MR) is 154 cm³/mol. The van der Waals surface area contributed by atoms with Gasteiger partial charge >= 0.3 is 5.97 Å². The van der Waals surface area contributed by atoms with E-state index in [0.29, 0.717) is 17.8 Å². The minimum absolute atomic E-state index is 0.129. The highest BCUT2D eigenvalue weighted by molar-refractivity contribution is 7.09. The zero-order chi connectivity index (χ0) is 27.1. The van der Waals surface area contributed by atoms with Crippen molar-refractivity contribution < 1.29 is 14.6 Å². The van der Waals surface area contributed by atoms with E-state index in [2.05, 4.69) is 86.1 Å². The van der Waals surface area contributed by atoms with Crippen molar-refractivity contribution in [2.24, 2.45) is 0 Å². The molecule has 0 radical (unpaired) electrons. The second-order valence-corrected chi connectivity index (χ2v) is 10.6. The van der Waals surface area contributed by atoms with E-state index in [9.17, 15) is 4.79 Å². The number of pyridine rings is 1. The number of hydrogen-bond acceptors (Lipinski definition) is 6. The molecule has 4 aromatic rings. The van der Waals surface area contributed by atoms with E-state index in [1.54, 1.807) is 6.07 Å².